The van der Waals surface area contributed by atoms with Crippen molar-refractivity contribution in [3.63, 3.8) is 0 Å². The van der Waals surface area contributed by atoms with Gasteiger partial charge < -0.3 is 19.5 Å². The molecule has 1 aromatic heterocycles. The lowest BCUT2D eigenvalue weighted by Crippen LogP contribution is -2.25. The van der Waals surface area contributed by atoms with E-state index < -0.39 is 0 Å². The van der Waals surface area contributed by atoms with Crippen LogP contribution in [0.15, 0.2) is 229 Å². The molecule has 13 aromatic rings. The number of fused-ring (bicyclic) bond motifs is 9. The lowest BCUT2D eigenvalue weighted by Gasteiger charge is -2.32. The number of hydrogen-bond donors (Lipinski definition) is 2. The van der Waals surface area contributed by atoms with Gasteiger partial charge in [0.2, 0.25) is 0 Å². The number of aromatic hydroxyl groups is 2. The molecule has 0 saturated carbocycles. The van der Waals surface area contributed by atoms with Gasteiger partial charge in [0, 0.05) is 44.1 Å². The Morgan fingerprint density at radius 1 is 0.343 bits per heavy atom. The summed E-state index contributed by atoms with van der Waals surface area (Å²) in [7, 11) is 3.86. The van der Waals surface area contributed by atoms with Crippen molar-refractivity contribution >= 4 is 109 Å². The van der Waals surface area contributed by atoms with Crippen molar-refractivity contribution in [1.82, 2.24) is 0 Å². The maximum absolute atomic E-state index is 13.1. The molecule has 6 heteroatoms. The third-order valence-corrected chi connectivity index (χ3v) is 14.4. The van der Waals surface area contributed by atoms with E-state index in [0.717, 1.165) is 115 Å². The molecule has 0 unspecified atom stereocenters. The van der Waals surface area contributed by atoms with Gasteiger partial charge in [-0.2, -0.15) is 0 Å². The average molecular weight is 896 g/mol. The van der Waals surface area contributed by atoms with E-state index in [2.05, 4.69) is 217 Å². The summed E-state index contributed by atoms with van der Waals surface area (Å²) in [6.45, 7) is 0. The van der Waals surface area contributed by atoms with Crippen LogP contribution in [0.1, 0.15) is 0 Å². The van der Waals surface area contributed by atoms with Crippen LogP contribution in [0.25, 0.3) is 110 Å². The molecule has 0 fully saturated rings. The van der Waals surface area contributed by atoms with E-state index in [1.165, 1.54) is 0 Å². The standard InChI is InChI=1S/C64H43B2NO3/c65-58-57(56-51-28-14-11-25-48(51)47-24-10-13-27-50(47)55(56)40-19-5-2-6-20-40)61(68)59(66)60(62(58)69)67(54-37-41-21-7-8-22-43(41)46-23-9-12-26-49(46)54)42-35-33-39(34-36-42)45-30-16-32-53-52-31-15-29-44(63(52)70-64(45)53)38-17-3-1-4-18-38/h1-37,68-69H,65-66H2. The third kappa shape index (κ3) is 6.34. The van der Waals surface area contributed by atoms with Gasteiger partial charge in [0.1, 0.15) is 38.4 Å². The van der Waals surface area contributed by atoms with Crippen LogP contribution in [0, 0.1) is 0 Å². The molecule has 0 atom stereocenters. The first-order valence-electron chi connectivity index (χ1n) is 23.8. The topological polar surface area (TPSA) is 56.8 Å². The Morgan fingerprint density at radius 3 is 1.40 bits per heavy atom. The highest BCUT2D eigenvalue weighted by atomic mass is 16.3. The van der Waals surface area contributed by atoms with E-state index in [1.54, 1.807) is 0 Å². The predicted molar refractivity (Wildman–Crippen MR) is 300 cm³/mol. The Hall–Kier alpha value is -8.99. The molecule has 70 heavy (non-hydrogen) atoms. The maximum Gasteiger partial charge on any atom is 0.147 e. The quantitative estimate of drug-likeness (QED) is 0.0951. The van der Waals surface area contributed by atoms with Gasteiger partial charge in [0.25, 0.3) is 0 Å². The fraction of sp³-hybridized carbons (Fsp3) is 0. The largest absolute Gasteiger partial charge is 0.508 e. The Bertz CT molecular complexity index is 4190. The summed E-state index contributed by atoms with van der Waals surface area (Å²) in [5.41, 5.74) is 12.7. The van der Waals surface area contributed by atoms with Crippen molar-refractivity contribution in [2.75, 3.05) is 4.90 Å². The van der Waals surface area contributed by atoms with Gasteiger partial charge in [-0.05, 0) is 89.1 Å². The lowest BCUT2D eigenvalue weighted by atomic mass is 9.75. The van der Waals surface area contributed by atoms with Crippen LogP contribution in [-0.2, 0) is 0 Å². The summed E-state index contributed by atoms with van der Waals surface area (Å²) in [4.78, 5) is 2.13. The van der Waals surface area contributed by atoms with E-state index in [9.17, 15) is 10.2 Å². The molecular formula is C64H43B2NO3. The number of rotatable bonds is 7. The minimum atomic E-state index is 0.0872. The maximum atomic E-state index is 13.1. The van der Waals surface area contributed by atoms with Gasteiger partial charge in [-0.1, -0.05) is 206 Å². The van der Waals surface area contributed by atoms with E-state index in [0.29, 0.717) is 22.2 Å². The molecule has 0 amide bonds. The highest BCUT2D eigenvalue weighted by Crippen LogP contribution is 2.50. The highest BCUT2D eigenvalue weighted by molar-refractivity contribution is 6.47. The number of furan rings is 1. The monoisotopic (exact) mass is 895 g/mol. The van der Waals surface area contributed by atoms with Crippen molar-refractivity contribution in [2.45, 2.75) is 0 Å². The summed E-state index contributed by atoms with van der Waals surface area (Å²) in [5, 5.41) is 36.9. The molecule has 328 valence electrons. The molecule has 0 aliphatic carbocycles. The molecule has 2 N–H and O–H groups in total. The van der Waals surface area contributed by atoms with Crippen molar-refractivity contribution < 1.29 is 14.6 Å². The minimum Gasteiger partial charge on any atom is -0.508 e. The zero-order valence-corrected chi connectivity index (χ0v) is 38.6. The second kappa shape index (κ2) is 16.4. The second-order valence-electron chi connectivity index (χ2n) is 18.3. The van der Waals surface area contributed by atoms with Gasteiger partial charge >= 0.3 is 0 Å². The van der Waals surface area contributed by atoms with Crippen molar-refractivity contribution in [3.8, 4) is 56.0 Å². The summed E-state index contributed by atoms with van der Waals surface area (Å²) < 4.78 is 6.85. The molecule has 0 aliphatic heterocycles. The molecule has 0 saturated heterocycles. The Labute approximate surface area is 406 Å². The summed E-state index contributed by atoms with van der Waals surface area (Å²) >= 11 is 0. The van der Waals surface area contributed by atoms with Crippen LogP contribution in [0.2, 0.25) is 0 Å². The summed E-state index contributed by atoms with van der Waals surface area (Å²) in [6, 6.07) is 77.9. The molecule has 0 aliphatic rings. The lowest BCUT2D eigenvalue weighted by molar-refractivity contribution is 0.470. The number of para-hydroxylation sites is 2. The molecule has 12 aromatic carbocycles. The van der Waals surface area contributed by atoms with E-state index in [-0.39, 0.29) is 11.5 Å². The van der Waals surface area contributed by atoms with Gasteiger partial charge in [-0.3, -0.25) is 0 Å². The number of benzene rings is 12. The Kier molecular flexibility index (Phi) is 9.63. The van der Waals surface area contributed by atoms with Crippen LogP contribution >= 0.6 is 0 Å². The first-order chi connectivity index (χ1) is 34.4. The van der Waals surface area contributed by atoms with Gasteiger partial charge in [-0.15, -0.1) is 0 Å². The van der Waals surface area contributed by atoms with E-state index in [4.69, 9.17) is 4.42 Å². The molecule has 0 spiro atoms. The third-order valence-electron chi connectivity index (χ3n) is 14.4. The first kappa shape index (κ1) is 41.2. The SMILES string of the molecule is Bc1c(O)c(N(c2ccc(-c3cccc4c3oc3c(-c5ccccc5)cccc34)cc2)c2cc3ccccc3c3ccccc23)c(B)c(O)c1-c1c(-c2ccccc2)c2ccccc2c2ccccc12. The zero-order chi connectivity index (χ0) is 47.0. The van der Waals surface area contributed by atoms with Crippen LogP contribution in [0.4, 0.5) is 17.1 Å². The molecular weight excluding hydrogens is 852 g/mol. The fourth-order valence-electron chi connectivity index (χ4n) is 11.1. The van der Waals surface area contributed by atoms with Gasteiger partial charge in [-0.25, -0.2) is 0 Å². The Balaban J connectivity index is 1.05. The van der Waals surface area contributed by atoms with Crippen LogP contribution < -0.4 is 15.8 Å². The van der Waals surface area contributed by atoms with Crippen molar-refractivity contribution in [3.05, 3.63) is 224 Å². The number of nitrogens with zero attached hydrogens (tertiary/aromatic N) is 1. The van der Waals surface area contributed by atoms with Gasteiger partial charge in [0.15, 0.2) is 0 Å². The van der Waals surface area contributed by atoms with E-state index >= 15 is 0 Å². The average Bonchev–Trinajstić information content (AvgIpc) is 3.81. The molecule has 4 nitrogen and oxygen atoms in total. The number of phenolic OH excluding ortho intramolecular Hbond substituents is 2. The minimum absolute atomic E-state index is 0.0872. The molecule has 1 heterocycles. The summed E-state index contributed by atoms with van der Waals surface area (Å²) in [5.74, 6) is 0.199. The van der Waals surface area contributed by atoms with Gasteiger partial charge in [0.05, 0.1) is 11.4 Å². The second-order valence-corrected chi connectivity index (χ2v) is 18.3. The summed E-state index contributed by atoms with van der Waals surface area (Å²) in [6.07, 6.45) is 0. The first-order valence-corrected chi connectivity index (χ1v) is 23.8. The van der Waals surface area contributed by atoms with E-state index in [1.807, 2.05) is 27.8 Å². The highest BCUT2D eigenvalue weighted by Gasteiger charge is 2.30. The van der Waals surface area contributed by atoms with Crippen molar-refractivity contribution in [1.29, 1.82) is 0 Å². The number of anilines is 3. The normalized spacial score (nSPS) is 11.7. The fourth-order valence-corrected chi connectivity index (χ4v) is 11.1. The Morgan fingerprint density at radius 2 is 0.800 bits per heavy atom. The zero-order valence-electron chi connectivity index (χ0n) is 38.6. The molecule has 13 rings (SSSR count). The van der Waals surface area contributed by atoms with Crippen LogP contribution in [0.5, 0.6) is 11.5 Å². The predicted octanol–water partition coefficient (Wildman–Crippen LogP) is 14.3. The number of phenols is 2. The van der Waals surface area contributed by atoms with Crippen molar-refractivity contribution in [2.24, 2.45) is 0 Å². The smallest absolute Gasteiger partial charge is 0.147 e. The van der Waals surface area contributed by atoms with Crippen LogP contribution in [-0.4, -0.2) is 25.9 Å². The number of hydrogen-bond acceptors (Lipinski definition) is 4. The molecule has 0 bridgehead atoms. The molecule has 0 radical (unpaired) electrons. The van der Waals surface area contributed by atoms with Crippen LogP contribution in [0.3, 0.4) is 0 Å².